The average molecular weight is 310 g/mol. The third kappa shape index (κ3) is 5.37. The normalized spacial score (nSPS) is 16.6. The summed E-state index contributed by atoms with van der Waals surface area (Å²) in [4.78, 5) is 0. The molecule has 0 atom stereocenters. The molecule has 1 aliphatic carbocycles. The average Bonchev–Trinajstić information content (AvgIpc) is 2.36. The summed E-state index contributed by atoms with van der Waals surface area (Å²) in [6.45, 7) is -2.82. The van der Waals surface area contributed by atoms with Crippen LogP contribution in [0.25, 0.3) is 0 Å². The van der Waals surface area contributed by atoms with Gasteiger partial charge in [0, 0.05) is 0 Å². The fraction of sp³-hybridized carbons (Fsp3) is 0.571. The first-order valence-corrected chi connectivity index (χ1v) is 6.90. The number of rotatable bonds is 4. The Kier molecular flexibility index (Phi) is 7.63. The molecule has 0 spiro atoms. The fourth-order valence-electron chi connectivity index (χ4n) is 2.67. The van der Waals surface area contributed by atoms with Crippen LogP contribution in [0.2, 0.25) is 0 Å². The van der Waals surface area contributed by atoms with Gasteiger partial charge in [-0.1, -0.05) is 30.9 Å². The van der Waals surface area contributed by atoms with Gasteiger partial charge in [0.2, 0.25) is 0 Å². The van der Waals surface area contributed by atoms with Gasteiger partial charge in [-0.25, -0.2) is 0 Å². The standard InChI is InChI=1S/C14H19BF3O.K/c1-11-9-13(7-8-14(11)15(16,17)18)19-10-12-5-3-2-4-6-12;/h7-9,12H,2-6,10H2,1H3;/q-1;+1. The van der Waals surface area contributed by atoms with Crippen LogP contribution in [0.4, 0.5) is 12.9 Å². The van der Waals surface area contributed by atoms with Crippen LogP contribution in [0, 0.1) is 12.8 Å². The summed E-state index contributed by atoms with van der Waals surface area (Å²) in [7, 11) is 0. The zero-order chi connectivity index (χ0) is 13.9. The molecule has 1 fully saturated rings. The molecular weight excluding hydrogens is 291 g/mol. The molecule has 0 unspecified atom stereocenters. The minimum atomic E-state index is -4.93. The Morgan fingerprint density at radius 1 is 1.15 bits per heavy atom. The van der Waals surface area contributed by atoms with Crippen LogP contribution in [0.3, 0.4) is 0 Å². The van der Waals surface area contributed by atoms with E-state index < -0.39 is 12.4 Å². The van der Waals surface area contributed by atoms with E-state index in [-0.39, 0.29) is 56.9 Å². The van der Waals surface area contributed by atoms with Gasteiger partial charge in [-0.2, -0.15) is 0 Å². The van der Waals surface area contributed by atoms with Gasteiger partial charge in [0.1, 0.15) is 5.75 Å². The maximum Gasteiger partial charge on any atom is 1.00 e. The predicted molar refractivity (Wildman–Crippen MR) is 72.0 cm³/mol. The molecule has 0 heterocycles. The van der Waals surface area contributed by atoms with Crippen LogP contribution in [-0.2, 0) is 0 Å². The molecule has 6 heteroatoms. The van der Waals surface area contributed by atoms with Crippen molar-refractivity contribution in [1.82, 2.24) is 0 Å². The second-order valence-corrected chi connectivity index (χ2v) is 5.41. The molecule has 0 N–H and O–H groups in total. The predicted octanol–water partition coefficient (Wildman–Crippen LogP) is 1.01. The number of aryl methyl sites for hydroxylation is 1. The molecule has 1 nitrogen and oxygen atoms in total. The van der Waals surface area contributed by atoms with Gasteiger partial charge in [-0.15, -0.1) is 5.46 Å². The molecule has 1 aromatic carbocycles. The van der Waals surface area contributed by atoms with Crippen molar-refractivity contribution in [1.29, 1.82) is 0 Å². The summed E-state index contributed by atoms with van der Waals surface area (Å²) in [5, 5.41) is 0. The van der Waals surface area contributed by atoms with Crippen LogP contribution in [-0.4, -0.2) is 13.6 Å². The maximum atomic E-state index is 12.7. The molecular formula is C14H19BF3KO. The number of ether oxygens (including phenoxy) is 1. The van der Waals surface area contributed by atoms with Crippen molar-refractivity contribution in [2.75, 3.05) is 6.61 Å². The molecule has 0 saturated heterocycles. The largest absolute Gasteiger partial charge is 1.00 e. The van der Waals surface area contributed by atoms with E-state index in [1.54, 1.807) is 0 Å². The first-order valence-electron chi connectivity index (χ1n) is 6.90. The van der Waals surface area contributed by atoms with Crippen LogP contribution in [0.1, 0.15) is 37.7 Å². The summed E-state index contributed by atoms with van der Waals surface area (Å²) in [6, 6.07) is 4.05. The topological polar surface area (TPSA) is 9.23 Å². The van der Waals surface area contributed by atoms with Crippen molar-refractivity contribution in [3.8, 4) is 5.75 Å². The Morgan fingerprint density at radius 3 is 2.35 bits per heavy atom. The van der Waals surface area contributed by atoms with Crippen LogP contribution in [0.15, 0.2) is 18.2 Å². The molecule has 0 bridgehead atoms. The van der Waals surface area contributed by atoms with Gasteiger partial charge in [-0.3, -0.25) is 0 Å². The summed E-state index contributed by atoms with van der Waals surface area (Å²) < 4.78 is 43.7. The molecule has 106 valence electrons. The van der Waals surface area contributed by atoms with E-state index in [0.29, 0.717) is 18.3 Å². The Balaban J connectivity index is 0.00000200. The second-order valence-electron chi connectivity index (χ2n) is 5.41. The zero-order valence-electron chi connectivity index (χ0n) is 12.2. The zero-order valence-corrected chi connectivity index (χ0v) is 15.3. The maximum absolute atomic E-state index is 12.7. The van der Waals surface area contributed by atoms with Crippen molar-refractivity contribution in [2.24, 2.45) is 5.92 Å². The van der Waals surface area contributed by atoms with Gasteiger partial charge < -0.3 is 17.7 Å². The van der Waals surface area contributed by atoms with Crippen LogP contribution < -0.4 is 61.6 Å². The molecule has 2 rings (SSSR count). The van der Waals surface area contributed by atoms with Crippen molar-refractivity contribution < 1.29 is 69.1 Å². The summed E-state index contributed by atoms with van der Waals surface area (Å²) in [5.74, 6) is 1.10. The van der Waals surface area contributed by atoms with Gasteiger partial charge in [0.05, 0.1) is 6.61 Å². The Hall–Kier alpha value is 0.511. The third-order valence-corrected chi connectivity index (χ3v) is 3.80. The van der Waals surface area contributed by atoms with Crippen LogP contribution in [0.5, 0.6) is 5.75 Å². The smallest absolute Gasteiger partial charge is 0.493 e. The SMILES string of the molecule is Cc1cc(OCC2CCCCC2)ccc1[B-](F)(F)F.[K+]. The number of halogens is 3. The van der Waals surface area contributed by atoms with E-state index in [9.17, 15) is 12.9 Å². The monoisotopic (exact) mass is 310 g/mol. The van der Waals surface area contributed by atoms with E-state index in [1.165, 1.54) is 51.2 Å². The molecule has 1 aromatic rings. The van der Waals surface area contributed by atoms with Gasteiger partial charge in [0.25, 0.3) is 0 Å². The number of hydrogen-bond donors (Lipinski definition) is 0. The van der Waals surface area contributed by atoms with Gasteiger partial charge in [-0.05, 0) is 37.8 Å². The fourth-order valence-corrected chi connectivity index (χ4v) is 2.67. The van der Waals surface area contributed by atoms with E-state index >= 15 is 0 Å². The Morgan fingerprint density at radius 2 is 1.80 bits per heavy atom. The minimum Gasteiger partial charge on any atom is -0.493 e. The Labute approximate surface area is 161 Å². The Bertz CT molecular complexity index is 431. The molecule has 1 saturated carbocycles. The molecule has 0 aliphatic heterocycles. The molecule has 0 amide bonds. The number of hydrogen-bond acceptors (Lipinski definition) is 1. The van der Waals surface area contributed by atoms with E-state index in [4.69, 9.17) is 4.74 Å². The van der Waals surface area contributed by atoms with E-state index in [1.807, 2.05) is 0 Å². The molecule has 0 radical (unpaired) electrons. The molecule has 20 heavy (non-hydrogen) atoms. The van der Waals surface area contributed by atoms with Crippen LogP contribution >= 0.6 is 0 Å². The summed E-state index contributed by atoms with van der Waals surface area (Å²) in [5.41, 5.74) is -0.279. The summed E-state index contributed by atoms with van der Waals surface area (Å²) in [6.07, 6.45) is 6.11. The summed E-state index contributed by atoms with van der Waals surface area (Å²) >= 11 is 0. The quantitative estimate of drug-likeness (QED) is 0.755. The van der Waals surface area contributed by atoms with Gasteiger partial charge in [0.15, 0.2) is 0 Å². The first-order chi connectivity index (χ1) is 8.97. The van der Waals surface area contributed by atoms with Crippen molar-refractivity contribution in [2.45, 2.75) is 39.0 Å². The van der Waals surface area contributed by atoms with Gasteiger partial charge >= 0.3 is 58.4 Å². The first kappa shape index (κ1) is 18.6. The van der Waals surface area contributed by atoms with E-state index in [0.717, 1.165) is 6.07 Å². The molecule has 0 aromatic heterocycles. The van der Waals surface area contributed by atoms with Crippen molar-refractivity contribution in [3.63, 3.8) is 0 Å². The van der Waals surface area contributed by atoms with Crippen molar-refractivity contribution >= 4 is 12.4 Å². The third-order valence-electron chi connectivity index (χ3n) is 3.80. The van der Waals surface area contributed by atoms with E-state index in [2.05, 4.69) is 0 Å². The molecule has 1 aliphatic rings. The number of benzene rings is 1. The minimum absolute atomic E-state index is 0. The second kappa shape index (κ2) is 8.22. The van der Waals surface area contributed by atoms with Crippen molar-refractivity contribution in [3.05, 3.63) is 23.8 Å².